The third-order valence-corrected chi connectivity index (χ3v) is 4.99. The molecule has 7 heteroatoms. The van der Waals surface area contributed by atoms with E-state index < -0.39 is 0 Å². The topological polar surface area (TPSA) is 83.9 Å². The van der Waals surface area contributed by atoms with E-state index in [1.54, 1.807) is 11.7 Å². The number of nitrogens with zero attached hydrogens (tertiary/aromatic N) is 4. The Morgan fingerprint density at radius 3 is 2.81 bits per heavy atom. The lowest BCUT2D eigenvalue weighted by molar-refractivity contribution is 0.0694. The summed E-state index contributed by atoms with van der Waals surface area (Å²) in [6, 6.07) is 13.2. The molecule has 3 aromatic rings. The number of hydrogen-bond donors (Lipinski definition) is 1. The number of benzene rings is 1. The second-order valence-corrected chi connectivity index (χ2v) is 6.83. The van der Waals surface area contributed by atoms with Crippen LogP contribution in [0.15, 0.2) is 53.6 Å². The van der Waals surface area contributed by atoms with Gasteiger partial charge in [-0.3, -0.25) is 14.3 Å². The maximum atomic E-state index is 13.1. The monoisotopic (exact) mass is 363 g/mol. The van der Waals surface area contributed by atoms with E-state index in [0.29, 0.717) is 18.8 Å². The number of hydrogen-bond acceptors (Lipinski definition) is 4. The molecule has 1 amide bonds. The van der Waals surface area contributed by atoms with Crippen LogP contribution in [0, 0.1) is 0 Å². The molecular formula is C20H21N5O2. The molecule has 1 atom stereocenters. The van der Waals surface area contributed by atoms with Gasteiger partial charge < -0.3 is 9.88 Å². The number of carbonyl (C=O) groups excluding carboxylic acids is 1. The molecule has 7 nitrogen and oxygen atoms in total. The summed E-state index contributed by atoms with van der Waals surface area (Å²) in [5, 5.41) is 4.50. The highest BCUT2D eigenvalue weighted by Crippen LogP contribution is 2.26. The van der Waals surface area contributed by atoms with Crippen molar-refractivity contribution in [2.75, 3.05) is 13.1 Å². The molecule has 1 aromatic carbocycles. The molecule has 4 rings (SSSR count). The van der Waals surface area contributed by atoms with Crippen LogP contribution in [0.5, 0.6) is 0 Å². The first-order valence-electron chi connectivity index (χ1n) is 9.05. The maximum Gasteiger partial charge on any atom is 0.272 e. The van der Waals surface area contributed by atoms with Crippen molar-refractivity contribution in [1.29, 1.82) is 0 Å². The molecule has 138 valence electrons. The lowest BCUT2D eigenvalue weighted by Gasteiger charge is -2.32. The van der Waals surface area contributed by atoms with Crippen LogP contribution < -0.4 is 5.56 Å². The zero-order valence-electron chi connectivity index (χ0n) is 15.1. The van der Waals surface area contributed by atoms with Crippen molar-refractivity contribution >= 4 is 5.91 Å². The molecule has 27 heavy (non-hydrogen) atoms. The first-order valence-corrected chi connectivity index (χ1v) is 9.05. The number of aromatic amines is 1. The highest BCUT2D eigenvalue weighted by molar-refractivity contribution is 5.93. The third-order valence-electron chi connectivity index (χ3n) is 4.99. The molecule has 0 aliphatic carbocycles. The Balaban J connectivity index is 1.56. The average molecular weight is 363 g/mol. The predicted molar refractivity (Wildman–Crippen MR) is 101 cm³/mol. The molecule has 1 N–H and O–H groups in total. The molecule has 2 aromatic heterocycles. The van der Waals surface area contributed by atoms with Crippen molar-refractivity contribution in [1.82, 2.24) is 24.6 Å². The number of carbonyl (C=O) groups is 1. The van der Waals surface area contributed by atoms with Crippen molar-refractivity contribution in [3.05, 3.63) is 70.5 Å². The summed E-state index contributed by atoms with van der Waals surface area (Å²) >= 11 is 0. The van der Waals surface area contributed by atoms with E-state index >= 15 is 0 Å². The number of aromatic nitrogens is 4. The van der Waals surface area contributed by atoms with Gasteiger partial charge in [0.05, 0.1) is 17.7 Å². The Hall–Kier alpha value is -3.22. The van der Waals surface area contributed by atoms with Crippen molar-refractivity contribution in [3.63, 3.8) is 0 Å². The molecule has 1 fully saturated rings. The Kier molecular flexibility index (Phi) is 4.58. The summed E-state index contributed by atoms with van der Waals surface area (Å²) < 4.78 is 1.64. The lowest BCUT2D eigenvalue weighted by Crippen LogP contribution is -2.40. The number of likely N-dealkylation sites (tertiary alicyclic amines) is 1. The van der Waals surface area contributed by atoms with Crippen molar-refractivity contribution in [2.24, 2.45) is 7.05 Å². The molecule has 0 unspecified atom stereocenters. The Bertz CT molecular complexity index is 1010. The fraction of sp³-hybridized carbons (Fsp3) is 0.300. The minimum atomic E-state index is -0.164. The van der Waals surface area contributed by atoms with Crippen LogP contribution >= 0.6 is 0 Å². The number of piperidine rings is 1. The standard InChI is InChI=1S/C20H21N5O2/c1-24-18(10-17(23-24)14-6-3-2-4-7-14)20(27)25-9-5-8-15(12-25)16-11-19(26)22-13-21-16/h2-4,6-7,10-11,13,15H,5,8-9,12H2,1H3,(H,21,22,26)/t15-/m0/s1. The van der Waals surface area contributed by atoms with Crippen LogP contribution in [0.25, 0.3) is 11.3 Å². The van der Waals surface area contributed by atoms with E-state index in [0.717, 1.165) is 29.8 Å². The van der Waals surface area contributed by atoms with Gasteiger partial charge in [-0.1, -0.05) is 30.3 Å². The van der Waals surface area contributed by atoms with Crippen LogP contribution in [0.4, 0.5) is 0 Å². The van der Waals surface area contributed by atoms with Gasteiger partial charge in [0.25, 0.3) is 11.5 Å². The van der Waals surface area contributed by atoms with E-state index in [4.69, 9.17) is 0 Å². The van der Waals surface area contributed by atoms with Gasteiger partial charge in [-0.05, 0) is 18.9 Å². The number of nitrogens with one attached hydrogen (secondary N) is 1. The minimum Gasteiger partial charge on any atom is -0.337 e. The quantitative estimate of drug-likeness (QED) is 0.773. The minimum absolute atomic E-state index is 0.0401. The van der Waals surface area contributed by atoms with Gasteiger partial charge in [0.15, 0.2) is 0 Å². The molecule has 1 aliphatic rings. The molecule has 1 aliphatic heterocycles. The zero-order chi connectivity index (χ0) is 18.8. The Labute approximate surface area is 156 Å². The summed E-state index contributed by atoms with van der Waals surface area (Å²) in [5.41, 5.74) is 2.91. The normalized spacial score (nSPS) is 17.1. The van der Waals surface area contributed by atoms with E-state index in [9.17, 15) is 9.59 Å². The van der Waals surface area contributed by atoms with Crippen LogP contribution in [0.2, 0.25) is 0 Å². The van der Waals surface area contributed by atoms with Gasteiger partial charge in [0.2, 0.25) is 0 Å². The Morgan fingerprint density at radius 1 is 1.22 bits per heavy atom. The van der Waals surface area contributed by atoms with Crippen LogP contribution in [0.1, 0.15) is 34.9 Å². The fourth-order valence-corrected chi connectivity index (χ4v) is 3.59. The largest absolute Gasteiger partial charge is 0.337 e. The summed E-state index contributed by atoms with van der Waals surface area (Å²) in [6.07, 6.45) is 3.22. The molecule has 0 radical (unpaired) electrons. The summed E-state index contributed by atoms with van der Waals surface area (Å²) in [6.45, 7) is 1.26. The van der Waals surface area contributed by atoms with Gasteiger partial charge in [-0.15, -0.1) is 0 Å². The first kappa shape index (κ1) is 17.2. The van der Waals surface area contributed by atoms with Crippen LogP contribution in [-0.2, 0) is 7.05 Å². The summed E-state index contributed by atoms with van der Waals surface area (Å²) in [4.78, 5) is 33.3. The van der Waals surface area contributed by atoms with Crippen LogP contribution in [0.3, 0.4) is 0 Å². The average Bonchev–Trinajstić information content (AvgIpc) is 3.10. The van der Waals surface area contributed by atoms with E-state index in [-0.39, 0.29) is 17.4 Å². The highest BCUT2D eigenvalue weighted by Gasteiger charge is 2.28. The number of H-pyrrole nitrogens is 1. The third kappa shape index (κ3) is 3.53. The number of amides is 1. The molecule has 1 saturated heterocycles. The lowest BCUT2D eigenvalue weighted by atomic mass is 9.94. The van der Waals surface area contributed by atoms with Crippen molar-refractivity contribution in [3.8, 4) is 11.3 Å². The van der Waals surface area contributed by atoms with Gasteiger partial charge in [0, 0.05) is 37.7 Å². The molecule has 0 spiro atoms. The number of aryl methyl sites for hydroxylation is 1. The molecular weight excluding hydrogens is 342 g/mol. The van der Waals surface area contributed by atoms with Gasteiger partial charge in [0.1, 0.15) is 5.69 Å². The van der Waals surface area contributed by atoms with Crippen LogP contribution in [-0.4, -0.2) is 43.6 Å². The molecule has 0 bridgehead atoms. The SMILES string of the molecule is Cn1nc(-c2ccccc2)cc1C(=O)N1CCC[C@H](c2cc(=O)[nH]cn2)C1. The fourth-order valence-electron chi connectivity index (χ4n) is 3.59. The van der Waals surface area contributed by atoms with E-state index in [1.807, 2.05) is 41.3 Å². The maximum absolute atomic E-state index is 13.1. The second kappa shape index (κ2) is 7.19. The summed E-state index contributed by atoms with van der Waals surface area (Å²) in [7, 11) is 1.79. The predicted octanol–water partition coefficient (Wildman–Crippen LogP) is 2.19. The summed E-state index contributed by atoms with van der Waals surface area (Å²) in [5.74, 6) is 0.0357. The highest BCUT2D eigenvalue weighted by atomic mass is 16.2. The number of rotatable bonds is 3. The van der Waals surface area contributed by atoms with Gasteiger partial charge in [-0.25, -0.2) is 4.98 Å². The smallest absolute Gasteiger partial charge is 0.272 e. The first-order chi connectivity index (χ1) is 13.1. The second-order valence-electron chi connectivity index (χ2n) is 6.83. The van der Waals surface area contributed by atoms with E-state index in [2.05, 4.69) is 15.1 Å². The van der Waals surface area contributed by atoms with E-state index in [1.165, 1.54) is 12.4 Å². The van der Waals surface area contributed by atoms with Crippen molar-refractivity contribution < 1.29 is 4.79 Å². The van der Waals surface area contributed by atoms with Gasteiger partial charge in [-0.2, -0.15) is 5.10 Å². The van der Waals surface area contributed by atoms with Crippen molar-refractivity contribution in [2.45, 2.75) is 18.8 Å². The molecule has 0 saturated carbocycles. The van der Waals surface area contributed by atoms with Gasteiger partial charge >= 0.3 is 0 Å². The molecule has 3 heterocycles. The Morgan fingerprint density at radius 2 is 2.04 bits per heavy atom. The zero-order valence-corrected chi connectivity index (χ0v) is 15.1.